The molecule has 2 amide bonds. The maximum absolute atomic E-state index is 12.8. The van der Waals surface area contributed by atoms with E-state index in [9.17, 15) is 9.59 Å². The summed E-state index contributed by atoms with van der Waals surface area (Å²) in [5.74, 6) is 1.33. The standard InChI is InChI=1S/C23H27ClN2O6/c1-6-25-23(28)26-15-9-7-13-18(12-8-10-17(29-2)16(27)11-14(12)15)20(30-3)22(32-5)21(31-4)19(13)24/h8,10-11,15H,6-7,9H2,1-5H3,(H2,25,26,28)/t15-/m0/s1. The monoisotopic (exact) mass is 462 g/mol. The van der Waals surface area contributed by atoms with Gasteiger partial charge in [-0.15, -0.1) is 0 Å². The van der Waals surface area contributed by atoms with Crippen molar-refractivity contribution in [2.75, 3.05) is 35.0 Å². The van der Waals surface area contributed by atoms with Crippen LogP contribution in [0, 0.1) is 0 Å². The van der Waals surface area contributed by atoms with Crippen molar-refractivity contribution in [2.45, 2.75) is 25.8 Å². The van der Waals surface area contributed by atoms with Crippen LogP contribution in [0.3, 0.4) is 0 Å². The highest BCUT2D eigenvalue weighted by molar-refractivity contribution is 6.34. The van der Waals surface area contributed by atoms with Gasteiger partial charge < -0.3 is 29.6 Å². The first-order valence-corrected chi connectivity index (χ1v) is 10.6. The lowest BCUT2D eigenvalue weighted by atomic mass is 9.95. The van der Waals surface area contributed by atoms with E-state index in [2.05, 4.69) is 10.6 Å². The zero-order valence-electron chi connectivity index (χ0n) is 18.8. The summed E-state index contributed by atoms with van der Waals surface area (Å²) >= 11 is 6.76. The molecule has 0 spiro atoms. The lowest BCUT2D eigenvalue weighted by Crippen LogP contribution is -2.38. The maximum Gasteiger partial charge on any atom is 0.315 e. The number of hydrogen-bond donors (Lipinski definition) is 2. The van der Waals surface area contributed by atoms with Crippen molar-refractivity contribution in [3.63, 3.8) is 0 Å². The number of carbonyl (C=O) groups is 1. The predicted molar refractivity (Wildman–Crippen MR) is 123 cm³/mol. The molecule has 0 saturated carbocycles. The van der Waals surface area contributed by atoms with Gasteiger partial charge in [-0.2, -0.15) is 0 Å². The molecule has 0 fully saturated rings. The van der Waals surface area contributed by atoms with E-state index < -0.39 is 6.04 Å². The van der Waals surface area contributed by atoms with Crippen molar-refractivity contribution in [2.24, 2.45) is 0 Å². The van der Waals surface area contributed by atoms with Gasteiger partial charge in [0.05, 0.1) is 39.5 Å². The molecular formula is C23H27ClN2O6. The number of carbonyl (C=O) groups excluding carboxylic acids is 1. The third-order valence-electron chi connectivity index (χ3n) is 5.45. The van der Waals surface area contributed by atoms with Crippen LogP contribution >= 0.6 is 11.6 Å². The van der Waals surface area contributed by atoms with Crippen molar-refractivity contribution in [3.8, 4) is 34.1 Å². The molecule has 172 valence electrons. The van der Waals surface area contributed by atoms with Crippen molar-refractivity contribution in [1.82, 2.24) is 10.6 Å². The van der Waals surface area contributed by atoms with Crippen LogP contribution in [0.4, 0.5) is 4.79 Å². The van der Waals surface area contributed by atoms with Gasteiger partial charge in [-0.05, 0) is 48.6 Å². The first-order valence-electron chi connectivity index (χ1n) is 10.2. The molecule has 0 heterocycles. The number of nitrogens with one attached hydrogen (secondary N) is 2. The molecule has 9 heteroatoms. The Morgan fingerprint density at radius 1 is 1.06 bits per heavy atom. The minimum absolute atomic E-state index is 0.182. The summed E-state index contributed by atoms with van der Waals surface area (Å²) in [6.07, 6.45) is 1.01. The largest absolute Gasteiger partial charge is 0.493 e. The van der Waals surface area contributed by atoms with Crippen molar-refractivity contribution >= 4 is 17.6 Å². The van der Waals surface area contributed by atoms with Gasteiger partial charge in [0.2, 0.25) is 11.2 Å². The van der Waals surface area contributed by atoms with Crippen molar-refractivity contribution < 1.29 is 23.7 Å². The van der Waals surface area contributed by atoms with Crippen LogP contribution in [0.5, 0.6) is 23.0 Å². The molecule has 0 radical (unpaired) electrons. The lowest BCUT2D eigenvalue weighted by Gasteiger charge is -2.21. The Bertz CT molecular complexity index is 1090. The van der Waals surface area contributed by atoms with Gasteiger partial charge in [-0.1, -0.05) is 17.7 Å². The summed E-state index contributed by atoms with van der Waals surface area (Å²) in [5.41, 5.74) is 2.47. The average molecular weight is 463 g/mol. The Kier molecular flexibility index (Phi) is 7.35. The third kappa shape index (κ3) is 4.14. The summed E-state index contributed by atoms with van der Waals surface area (Å²) < 4.78 is 22.1. The summed E-state index contributed by atoms with van der Waals surface area (Å²) in [7, 11) is 5.98. The van der Waals surface area contributed by atoms with Crippen LogP contribution < -0.4 is 35.0 Å². The van der Waals surface area contributed by atoms with Crippen LogP contribution in [-0.2, 0) is 6.42 Å². The lowest BCUT2D eigenvalue weighted by molar-refractivity contribution is 0.237. The van der Waals surface area contributed by atoms with E-state index in [1.54, 1.807) is 12.1 Å². The molecule has 0 unspecified atom stereocenters. The number of amides is 2. The highest BCUT2D eigenvalue weighted by Crippen LogP contribution is 2.54. The van der Waals surface area contributed by atoms with E-state index in [1.165, 1.54) is 34.5 Å². The normalized spacial score (nSPS) is 14.4. The van der Waals surface area contributed by atoms with Gasteiger partial charge in [0.1, 0.15) is 0 Å². The van der Waals surface area contributed by atoms with E-state index in [0.29, 0.717) is 58.3 Å². The predicted octanol–water partition coefficient (Wildman–Crippen LogP) is 3.71. The smallest absolute Gasteiger partial charge is 0.315 e. The fourth-order valence-corrected chi connectivity index (χ4v) is 4.41. The second-order valence-corrected chi connectivity index (χ2v) is 7.52. The summed E-state index contributed by atoms with van der Waals surface area (Å²) in [4.78, 5) is 25.2. The van der Waals surface area contributed by atoms with Crippen LogP contribution in [-0.4, -0.2) is 41.0 Å². The Labute approximate surface area is 191 Å². The minimum atomic E-state index is -0.452. The van der Waals surface area contributed by atoms with Crippen LogP contribution in [0.2, 0.25) is 5.02 Å². The molecule has 1 atom stereocenters. The average Bonchev–Trinajstić information content (AvgIpc) is 3.03. The molecule has 0 bridgehead atoms. The van der Waals surface area contributed by atoms with Crippen molar-refractivity contribution in [3.05, 3.63) is 44.6 Å². The molecule has 0 saturated heterocycles. The van der Waals surface area contributed by atoms with Crippen molar-refractivity contribution in [1.29, 1.82) is 0 Å². The molecule has 2 N–H and O–H groups in total. The van der Waals surface area contributed by atoms with E-state index in [1.807, 2.05) is 6.92 Å². The molecule has 0 aromatic heterocycles. The number of fused-ring (bicyclic) bond motifs is 3. The van der Waals surface area contributed by atoms with E-state index in [4.69, 9.17) is 30.5 Å². The maximum atomic E-state index is 12.8. The van der Waals surface area contributed by atoms with E-state index in [-0.39, 0.29) is 17.2 Å². The number of rotatable bonds is 6. The fourth-order valence-electron chi connectivity index (χ4n) is 4.06. The Hall–Kier alpha value is -3.13. The fraction of sp³-hybridized carbons (Fsp3) is 0.391. The van der Waals surface area contributed by atoms with Gasteiger partial charge >= 0.3 is 6.03 Å². The van der Waals surface area contributed by atoms with Gasteiger partial charge in [0.15, 0.2) is 17.2 Å². The molecular weight excluding hydrogens is 436 g/mol. The Morgan fingerprint density at radius 2 is 1.75 bits per heavy atom. The number of hydrogen-bond acceptors (Lipinski definition) is 6. The Balaban J connectivity index is 2.39. The second kappa shape index (κ2) is 9.99. The Morgan fingerprint density at radius 3 is 2.34 bits per heavy atom. The van der Waals surface area contributed by atoms with Crippen LogP contribution in [0.25, 0.3) is 11.1 Å². The molecule has 2 aromatic carbocycles. The number of methoxy groups -OCH3 is 4. The van der Waals surface area contributed by atoms with Gasteiger partial charge in [-0.25, -0.2) is 4.79 Å². The molecule has 0 aliphatic heterocycles. The molecule has 1 aliphatic carbocycles. The number of ether oxygens (including phenoxy) is 4. The van der Waals surface area contributed by atoms with Gasteiger partial charge in [0.25, 0.3) is 0 Å². The highest BCUT2D eigenvalue weighted by atomic mass is 35.5. The first kappa shape index (κ1) is 23.5. The van der Waals surface area contributed by atoms with E-state index >= 15 is 0 Å². The highest BCUT2D eigenvalue weighted by Gasteiger charge is 2.32. The van der Waals surface area contributed by atoms with Crippen LogP contribution in [0.15, 0.2) is 23.0 Å². The summed E-state index contributed by atoms with van der Waals surface area (Å²) in [6.45, 7) is 2.31. The van der Waals surface area contributed by atoms with Gasteiger partial charge in [0, 0.05) is 12.1 Å². The molecule has 1 aliphatic rings. The quantitative estimate of drug-likeness (QED) is 0.679. The SMILES string of the molecule is CCNC(=O)N[C@H]1CCc2c(Cl)c(OC)c(OC)c(OC)c2-c2ccc(OC)c(=O)cc21. The number of urea groups is 1. The number of halogens is 1. The molecule has 3 rings (SSSR count). The zero-order chi connectivity index (χ0) is 23.4. The van der Waals surface area contributed by atoms with Gasteiger partial charge in [-0.3, -0.25) is 4.79 Å². The third-order valence-corrected chi connectivity index (χ3v) is 5.85. The minimum Gasteiger partial charge on any atom is -0.493 e. The topological polar surface area (TPSA) is 95.1 Å². The summed E-state index contributed by atoms with van der Waals surface area (Å²) in [6, 6.07) is 4.09. The molecule has 2 aromatic rings. The molecule has 32 heavy (non-hydrogen) atoms. The second-order valence-electron chi connectivity index (χ2n) is 7.14. The summed E-state index contributed by atoms with van der Waals surface area (Å²) in [5, 5.41) is 6.10. The van der Waals surface area contributed by atoms with Crippen LogP contribution in [0.1, 0.15) is 30.5 Å². The zero-order valence-corrected chi connectivity index (χ0v) is 19.5. The van der Waals surface area contributed by atoms with E-state index in [0.717, 1.165) is 5.56 Å². The first-order chi connectivity index (χ1) is 15.4. The number of benzene rings is 1. The molecule has 8 nitrogen and oxygen atoms in total.